The van der Waals surface area contributed by atoms with Gasteiger partial charge in [-0.2, -0.15) is 0 Å². The van der Waals surface area contributed by atoms with Crippen molar-refractivity contribution in [2.24, 2.45) is 16.6 Å². The average molecular weight is 126 g/mol. The summed E-state index contributed by atoms with van der Waals surface area (Å²) in [5.41, 5.74) is 5.40. The molecule has 52 valence electrons. The second kappa shape index (κ2) is 2.38. The fourth-order valence-electron chi connectivity index (χ4n) is 1.25. The van der Waals surface area contributed by atoms with Gasteiger partial charge >= 0.3 is 0 Å². The van der Waals surface area contributed by atoms with Crippen molar-refractivity contribution >= 4 is 5.84 Å². The maximum absolute atomic E-state index is 5.40. The van der Waals surface area contributed by atoms with Gasteiger partial charge in [0, 0.05) is 0 Å². The van der Waals surface area contributed by atoms with E-state index in [1.165, 1.54) is 12.8 Å². The maximum Gasteiger partial charge on any atom is 0.0909 e. The molecule has 1 rings (SSSR count). The number of hydrogen-bond acceptors (Lipinski definition) is 1. The lowest BCUT2D eigenvalue weighted by Gasteiger charge is -2.29. The van der Waals surface area contributed by atoms with Crippen LogP contribution in [0, 0.1) is 5.92 Å². The summed E-state index contributed by atoms with van der Waals surface area (Å²) in [6.07, 6.45) is 2.46. The Hall–Kier alpha value is -0.530. The van der Waals surface area contributed by atoms with Crippen molar-refractivity contribution in [3.8, 4) is 0 Å². The fraction of sp³-hybridized carbons (Fsp3) is 0.857. The monoisotopic (exact) mass is 126 g/mol. The van der Waals surface area contributed by atoms with Crippen LogP contribution in [-0.4, -0.2) is 11.9 Å². The first-order valence-electron chi connectivity index (χ1n) is 3.48. The molecule has 0 aromatic rings. The third kappa shape index (κ3) is 1.70. The highest BCUT2D eigenvalue weighted by Crippen LogP contribution is 2.28. The topological polar surface area (TPSA) is 38.4 Å². The van der Waals surface area contributed by atoms with Crippen LogP contribution in [0.15, 0.2) is 4.99 Å². The minimum absolute atomic E-state index is 0.546. The Morgan fingerprint density at radius 3 is 2.44 bits per heavy atom. The summed E-state index contributed by atoms with van der Waals surface area (Å²) in [6.45, 7) is 4.10. The van der Waals surface area contributed by atoms with Crippen molar-refractivity contribution in [3.05, 3.63) is 0 Å². The Bertz CT molecular complexity index is 119. The van der Waals surface area contributed by atoms with Gasteiger partial charge in [0.25, 0.3) is 0 Å². The van der Waals surface area contributed by atoms with Crippen LogP contribution < -0.4 is 5.73 Å². The van der Waals surface area contributed by atoms with E-state index in [9.17, 15) is 0 Å². The number of amidine groups is 1. The van der Waals surface area contributed by atoms with Crippen LogP contribution in [0.1, 0.15) is 26.7 Å². The normalized spacial score (nSPS) is 36.0. The molecule has 0 aromatic carbocycles. The van der Waals surface area contributed by atoms with E-state index in [0.29, 0.717) is 6.04 Å². The van der Waals surface area contributed by atoms with Gasteiger partial charge in [0.2, 0.25) is 0 Å². The molecule has 0 aliphatic heterocycles. The van der Waals surface area contributed by atoms with Crippen LogP contribution in [0.25, 0.3) is 0 Å². The molecule has 1 saturated carbocycles. The zero-order valence-electron chi connectivity index (χ0n) is 6.09. The molecule has 2 heteroatoms. The highest BCUT2D eigenvalue weighted by Gasteiger charge is 2.24. The Kier molecular flexibility index (Phi) is 1.74. The van der Waals surface area contributed by atoms with E-state index in [-0.39, 0.29) is 0 Å². The van der Waals surface area contributed by atoms with Gasteiger partial charge in [-0.3, -0.25) is 4.99 Å². The van der Waals surface area contributed by atoms with Crippen molar-refractivity contribution in [1.82, 2.24) is 0 Å². The predicted molar refractivity (Wildman–Crippen MR) is 39.5 cm³/mol. The van der Waals surface area contributed by atoms with Gasteiger partial charge < -0.3 is 5.73 Å². The smallest absolute Gasteiger partial charge is 0.0909 e. The van der Waals surface area contributed by atoms with Gasteiger partial charge in [0.1, 0.15) is 0 Å². The van der Waals surface area contributed by atoms with Crippen molar-refractivity contribution in [1.29, 1.82) is 0 Å². The van der Waals surface area contributed by atoms with Crippen molar-refractivity contribution in [3.63, 3.8) is 0 Å². The third-order valence-electron chi connectivity index (χ3n) is 1.74. The summed E-state index contributed by atoms with van der Waals surface area (Å²) in [6, 6.07) is 0.546. The zero-order valence-corrected chi connectivity index (χ0v) is 6.09. The highest BCUT2D eigenvalue weighted by molar-refractivity contribution is 5.77. The predicted octanol–water partition coefficient (Wildman–Crippen LogP) is 1.16. The van der Waals surface area contributed by atoms with E-state index < -0.39 is 0 Å². The van der Waals surface area contributed by atoms with Crippen molar-refractivity contribution in [2.45, 2.75) is 32.7 Å². The number of nitrogens with two attached hydrogens (primary N) is 1. The van der Waals surface area contributed by atoms with Crippen LogP contribution in [0.4, 0.5) is 0 Å². The van der Waals surface area contributed by atoms with Crippen LogP contribution in [0.3, 0.4) is 0 Å². The lowest BCUT2D eigenvalue weighted by Crippen LogP contribution is -2.26. The summed E-state index contributed by atoms with van der Waals surface area (Å²) in [5, 5.41) is 0. The van der Waals surface area contributed by atoms with Crippen molar-refractivity contribution < 1.29 is 0 Å². The molecule has 1 fully saturated rings. The Morgan fingerprint density at radius 2 is 2.11 bits per heavy atom. The van der Waals surface area contributed by atoms with E-state index in [1.807, 2.05) is 6.92 Å². The maximum atomic E-state index is 5.40. The molecule has 0 unspecified atom stereocenters. The molecular weight excluding hydrogens is 112 g/mol. The van der Waals surface area contributed by atoms with Gasteiger partial charge in [-0.05, 0) is 25.7 Å². The molecule has 0 bridgehead atoms. The van der Waals surface area contributed by atoms with E-state index >= 15 is 0 Å². The number of aliphatic imine (C=N–C) groups is 1. The first-order valence-corrected chi connectivity index (χ1v) is 3.48. The molecule has 0 radical (unpaired) electrons. The van der Waals surface area contributed by atoms with Gasteiger partial charge in [-0.25, -0.2) is 0 Å². The average Bonchev–Trinajstić information content (AvgIpc) is 1.60. The zero-order chi connectivity index (χ0) is 6.85. The molecule has 9 heavy (non-hydrogen) atoms. The SMILES string of the molecule is CC(N)=NC1CC(C)C1. The summed E-state index contributed by atoms with van der Waals surface area (Å²) < 4.78 is 0. The van der Waals surface area contributed by atoms with Gasteiger partial charge in [-0.1, -0.05) is 6.92 Å². The molecule has 2 nitrogen and oxygen atoms in total. The fourth-order valence-corrected chi connectivity index (χ4v) is 1.25. The molecule has 0 atom stereocenters. The highest BCUT2D eigenvalue weighted by atomic mass is 14.9. The quantitative estimate of drug-likeness (QED) is 0.415. The van der Waals surface area contributed by atoms with Crippen LogP contribution in [-0.2, 0) is 0 Å². The Morgan fingerprint density at radius 1 is 1.56 bits per heavy atom. The minimum Gasteiger partial charge on any atom is -0.388 e. The first-order chi connectivity index (χ1) is 4.18. The molecular formula is C7H14N2. The molecule has 0 spiro atoms. The van der Waals surface area contributed by atoms with Gasteiger partial charge in [-0.15, -0.1) is 0 Å². The second-order valence-electron chi connectivity index (χ2n) is 3.00. The Labute approximate surface area is 56.2 Å². The Balaban J connectivity index is 2.25. The largest absolute Gasteiger partial charge is 0.388 e. The molecule has 0 heterocycles. The summed E-state index contributed by atoms with van der Waals surface area (Å²) in [4.78, 5) is 4.23. The molecule has 0 aromatic heterocycles. The second-order valence-corrected chi connectivity index (χ2v) is 3.00. The van der Waals surface area contributed by atoms with Crippen LogP contribution in [0.2, 0.25) is 0 Å². The molecule has 1 aliphatic rings. The summed E-state index contributed by atoms with van der Waals surface area (Å²) >= 11 is 0. The lowest BCUT2D eigenvalue weighted by atomic mass is 9.82. The lowest BCUT2D eigenvalue weighted by molar-refractivity contribution is 0.292. The van der Waals surface area contributed by atoms with E-state index in [2.05, 4.69) is 11.9 Å². The van der Waals surface area contributed by atoms with Crippen molar-refractivity contribution in [2.75, 3.05) is 0 Å². The van der Waals surface area contributed by atoms with E-state index in [4.69, 9.17) is 5.73 Å². The third-order valence-corrected chi connectivity index (χ3v) is 1.74. The standard InChI is InChI=1S/C7H14N2/c1-5-3-7(4-5)9-6(2)8/h5,7H,3-4H2,1-2H3,(H2,8,9). The molecule has 2 N–H and O–H groups in total. The van der Waals surface area contributed by atoms with E-state index in [0.717, 1.165) is 11.8 Å². The van der Waals surface area contributed by atoms with Gasteiger partial charge in [0.05, 0.1) is 11.9 Å². The first kappa shape index (κ1) is 6.59. The number of hydrogen-bond donors (Lipinski definition) is 1. The van der Waals surface area contributed by atoms with Crippen LogP contribution >= 0.6 is 0 Å². The summed E-state index contributed by atoms with van der Waals surface area (Å²) in [7, 11) is 0. The number of nitrogens with zero attached hydrogens (tertiary/aromatic N) is 1. The molecule has 0 amide bonds. The summed E-state index contributed by atoms with van der Waals surface area (Å²) in [5.74, 6) is 1.60. The molecule has 0 saturated heterocycles. The number of rotatable bonds is 1. The minimum atomic E-state index is 0.546. The molecule has 1 aliphatic carbocycles. The van der Waals surface area contributed by atoms with Gasteiger partial charge in [0.15, 0.2) is 0 Å². The van der Waals surface area contributed by atoms with E-state index in [1.54, 1.807) is 0 Å². The van der Waals surface area contributed by atoms with Crippen LogP contribution in [0.5, 0.6) is 0 Å².